The van der Waals surface area contributed by atoms with Crippen molar-refractivity contribution in [3.63, 3.8) is 0 Å². The zero-order valence-corrected chi connectivity index (χ0v) is 15.4. The molecule has 1 atom stereocenters. The quantitative estimate of drug-likeness (QED) is 0.717. The molecule has 25 heavy (non-hydrogen) atoms. The summed E-state index contributed by atoms with van der Waals surface area (Å²) in [6.45, 7) is 6.40. The van der Waals surface area contributed by atoms with Crippen LogP contribution in [0.5, 0.6) is 5.75 Å². The fourth-order valence-corrected chi connectivity index (χ4v) is 2.72. The van der Waals surface area contributed by atoms with Crippen molar-refractivity contribution in [2.75, 3.05) is 20.3 Å². The summed E-state index contributed by atoms with van der Waals surface area (Å²) in [7, 11) is 1.69. The molecule has 2 aromatic rings. The van der Waals surface area contributed by atoms with Gasteiger partial charge in [-0.25, -0.2) is 0 Å². The molecule has 0 heterocycles. The summed E-state index contributed by atoms with van der Waals surface area (Å²) >= 11 is 0. The highest BCUT2D eigenvalue weighted by atomic mass is 16.5. The fourth-order valence-electron chi connectivity index (χ4n) is 2.72. The summed E-state index contributed by atoms with van der Waals surface area (Å²) in [5, 5.41) is 10.4. The van der Waals surface area contributed by atoms with E-state index in [2.05, 4.69) is 24.8 Å². The van der Waals surface area contributed by atoms with Gasteiger partial charge in [-0.15, -0.1) is 0 Å². The molecule has 2 aromatic carbocycles. The minimum atomic E-state index is -0.527. The molecule has 0 aromatic heterocycles. The van der Waals surface area contributed by atoms with Crippen LogP contribution in [-0.2, 0) is 17.9 Å². The van der Waals surface area contributed by atoms with Gasteiger partial charge in [0.05, 0.1) is 26.4 Å². The van der Waals surface area contributed by atoms with Crippen LogP contribution >= 0.6 is 0 Å². The highest BCUT2D eigenvalue weighted by Crippen LogP contribution is 2.20. The van der Waals surface area contributed by atoms with Gasteiger partial charge in [0, 0.05) is 24.7 Å². The van der Waals surface area contributed by atoms with Crippen LogP contribution in [0, 0.1) is 0 Å². The number of aliphatic hydroxyl groups is 1. The predicted molar refractivity (Wildman–Crippen MR) is 101 cm³/mol. The Balaban J connectivity index is 1.85. The zero-order chi connectivity index (χ0) is 18.1. The lowest BCUT2D eigenvalue weighted by molar-refractivity contribution is 0.00302. The first-order valence-electron chi connectivity index (χ1n) is 8.75. The number of nitrogens with zero attached hydrogens (tertiary/aromatic N) is 1. The van der Waals surface area contributed by atoms with Crippen LogP contribution in [0.3, 0.4) is 0 Å². The van der Waals surface area contributed by atoms with E-state index in [1.165, 1.54) is 0 Å². The summed E-state index contributed by atoms with van der Waals surface area (Å²) in [5.74, 6) is 0.878. The Bertz CT molecular complexity index is 616. The Morgan fingerprint density at radius 3 is 2.36 bits per heavy atom. The van der Waals surface area contributed by atoms with Crippen LogP contribution in [0.4, 0.5) is 0 Å². The standard InChI is InChI=1S/C21H29NO3/c1-17(2)22(13-19-11-7-8-12-21(19)24-3)14-20(23)16-25-15-18-9-5-4-6-10-18/h4-12,17,20,23H,13-16H2,1-3H3/t20-/m0/s1. The van der Waals surface area contributed by atoms with Gasteiger partial charge in [-0.1, -0.05) is 48.5 Å². The Hall–Kier alpha value is -1.88. The van der Waals surface area contributed by atoms with Crippen molar-refractivity contribution in [1.29, 1.82) is 0 Å². The topological polar surface area (TPSA) is 41.9 Å². The van der Waals surface area contributed by atoms with Crippen LogP contribution in [-0.4, -0.2) is 42.4 Å². The molecule has 0 fully saturated rings. The molecular weight excluding hydrogens is 314 g/mol. The van der Waals surface area contributed by atoms with Crippen molar-refractivity contribution in [3.05, 3.63) is 65.7 Å². The lowest BCUT2D eigenvalue weighted by Crippen LogP contribution is -2.38. The van der Waals surface area contributed by atoms with Crippen LogP contribution < -0.4 is 4.74 Å². The van der Waals surface area contributed by atoms with Gasteiger partial charge in [0.1, 0.15) is 5.75 Å². The maximum absolute atomic E-state index is 10.4. The molecule has 2 rings (SSSR count). The van der Waals surface area contributed by atoms with Crippen LogP contribution in [0.1, 0.15) is 25.0 Å². The van der Waals surface area contributed by atoms with E-state index in [9.17, 15) is 5.11 Å². The highest BCUT2D eigenvalue weighted by molar-refractivity contribution is 5.33. The molecular formula is C21H29NO3. The minimum absolute atomic E-state index is 0.314. The molecule has 0 aliphatic heterocycles. The van der Waals surface area contributed by atoms with Gasteiger partial charge in [0.25, 0.3) is 0 Å². The van der Waals surface area contributed by atoms with Gasteiger partial charge in [0.15, 0.2) is 0 Å². The number of methoxy groups -OCH3 is 1. The molecule has 0 unspecified atom stereocenters. The van der Waals surface area contributed by atoms with Gasteiger partial charge in [-0.2, -0.15) is 0 Å². The maximum Gasteiger partial charge on any atom is 0.123 e. The van der Waals surface area contributed by atoms with Gasteiger partial charge < -0.3 is 14.6 Å². The molecule has 4 heteroatoms. The van der Waals surface area contributed by atoms with E-state index in [4.69, 9.17) is 9.47 Å². The van der Waals surface area contributed by atoms with E-state index in [1.807, 2.05) is 48.5 Å². The lowest BCUT2D eigenvalue weighted by atomic mass is 10.1. The SMILES string of the molecule is COc1ccccc1CN(C[C@H](O)COCc1ccccc1)C(C)C. The predicted octanol–water partition coefficient (Wildman–Crippen LogP) is 3.48. The van der Waals surface area contributed by atoms with Gasteiger partial charge in [-0.3, -0.25) is 4.90 Å². The first-order valence-corrected chi connectivity index (χ1v) is 8.75. The largest absolute Gasteiger partial charge is 0.496 e. The molecule has 0 saturated heterocycles. The van der Waals surface area contributed by atoms with E-state index >= 15 is 0 Å². The number of benzene rings is 2. The Morgan fingerprint density at radius 1 is 1.00 bits per heavy atom. The molecule has 136 valence electrons. The van der Waals surface area contributed by atoms with Gasteiger partial charge in [0.2, 0.25) is 0 Å². The second-order valence-electron chi connectivity index (χ2n) is 6.49. The fraction of sp³-hybridized carbons (Fsp3) is 0.429. The number of hydrogen-bond donors (Lipinski definition) is 1. The van der Waals surface area contributed by atoms with Gasteiger partial charge >= 0.3 is 0 Å². The number of ether oxygens (including phenoxy) is 2. The Morgan fingerprint density at radius 2 is 1.68 bits per heavy atom. The van der Waals surface area contributed by atoms with Crippen molar-refractivity contribution < 1.29 is 14.6 Å². The minimum Gasteiger partial charge on any atom is -0.496 e. The average Bonchev–Trinajstić information content (AvgIpc) is 2.62. The highest BCUT2D eigenvalue weighted by Gasteiger charge is 2.17. The van der Waals surface area contributed by atoms with E-state index in [-0.39, 0.29) is 0 Å². The van der Waals surface area contributed by atoms with Crippen LogP contribution in [0.25, 0.3) is 0 Å². The van der Waals surface area contributed by atoms with Crippen LogP contribution in [0.15, 0.2) is 54.6 Å². The van der Waals surface area contributed by atoms with Gasteiger partial charge in [-0.05, 0) is 25.5 Å². The number of aliphatic hydroxyl groups excluding tert-OH is 1. The third-order valence-electron chi connectivity index (χ3n) is 4.16. The number of rotatable bonds is 10. The van der Waals surface area contributed by atoms with E-state index in [0.29, 0.717) is 25.8 Å². The van der Waals surface area contributed by atoms with Crippen molar-refractivity contribution in [2.45, 2.75) is 39.1 Å². The first-order chi connectivity index (χ1) is 12.1. The second-order valence-corrected chi connectivity index (χ2v) is 6.49. The second kappa shape index (κ2) is 10.2. The van der Waals surface area contributed by atoms with E-state index in [1.54, 1.807) is 7.11 Å². The molecule has 0 spiro atoms. The lowest BCUT2D eigenvalue weighted by Gasteiger charge is -2.29. The van der Waals surface area contributed by atoms with E-state index < -0.39 is 6.10 Å². The third kappa shape index (κ3) is 6.50. The summed E-state index contributed by atoms with van der Waals surface area (Å²) < 4.78 is 11.1. The van der Waals surface area contributed by atoms with E-state index in [0.717, 1.165) is 23.4 Å². The normalized spacial score (nSPS) is 12.6. The van der Waals surface area contributed by atoms with Crippen molar-refractivity contribution >= 4 is 0 Å². The molecule has 4 nitrogen and oxygen atoms in total. The summed E-state index contributed by atoms with van der Waals surface area (Å²) in [6, 6.07) is 18.3. The molecule has 0 bridgehead atoms. The molecule has 1 N–H and O–H groups in total. The molecule has 0 radical (unpaired) electrons. The smallest absolute Gasteiger partial charge is 0.123 e. The molecule has 0 saturated carbocycles. The maximum atomic E-state index is 10.4. The first kappa shape index (κ1) is 19.4. The Labute approximate surface area is 151 Å². The summed E-state index contributed by atoms with van der Waals surface area (Å²) in [4.78, 5) is 2.23. The van der Waals surface area contributed by atoms with Crippen molar-refractivity contribution in [1.82, 2.24) is 4.90 Å². The average molecular weight is 343 g/mol. The number of para-hydroxylation sites is 1. The van der Waals surface area contributed by atoms with Crippen molar-refractivity contribution in [2.24, 2.45) is 0 Å². The summed E-state index contributed by atoms with van der Waals surface area (Å²) in [6.07, 6.45) is -0.527. The Kier molecular flexibility index (Phi) is 7.92. The zero-order valence-electron chi connectivity index (χ0n) is 15.4. The summed E-state index contributed by atoms with van der Waals surface area (Å²) in [5.41, 5.74) is 2.24. The van der Waals surface area contributed by atoms with Crippen LogP contribution in [0.2, 0.25) is 0 Å². The monoisotopic (exact) mass is 343 g/mol. The van der Waals surface area contributed by atoms with Crippen molar-refractivity contribution in [3.8, 4) is 5.75 Å². The third-order valence-corrected chi connectivity index (χ3v) is 4.16. The molecule has 0 amide bonds. The molecule has 0 aliphatic carbocycles. The number of hydrogen-bond acceptors (Lipinski definition) is 4. The molecule has 0 aliphatic rings.